The van der Waals surface area contributed by atoms with Crippen LogP contribution in [0.2, 0.25) is 0 Å². The molecule has 0 spiro atoms. The van der Waals surface area contributed by atoms with Gasteiger partial charge in [-0.25, -0.2) is 0 Å². The second kappa shape index (κ2) is 4.07. The summed E-state index contributed by atoms with van der Waals surface area (Å²) >= 11 is 0. The van der Waals surface area contributed by atoms with Gasteiger partial charge in [-0.05, 0) is 6.92 Å². The number of amides is 2. The summed E-state index contributed by atoms with van der Waals surface area (Å²) in [6, 6.07) is 0. The molecule has 1 heterocycles. The second-order valence-electron chi connectivity index (χ2n) is 3.38. The molecule has 0 radical (unpaired) electrons. The molecule has 1 atom stereocenters. The Morgan fingerprint density at radius 1 is 1.77 bits per heavy atom. The zero-order chi connectivity index (χ0) is 9.84. The number of hydrogen-bond acceptors (Lipinski definition) is 2. The average Bonchev–Trinajstić information content (AvgIpc) is 2.47. The highest BCUT2D eigenvalue weighted by atomic mass is 16.2. The summed E-state index contributed by atoms with van der Waals surface area (Å²) in [5.74, 6) is -0.316. The molecule has 0 aromatic carbocycles. The van der Waals surface area contributed by atoms with Gasteiger partial charge in [0.25, 0.3) is 0 Å². The third-order valence-electron chi connectivity index (χ3n) is 1.91. The van der Waals surface area contributed by atoms with Crippen molar-refractivity contribution >= 4 is 11.8 Å². The summed E-state index contributed by atoms with van der Waals surface area (Å²) in [6.45, 7) is 6.47. The zero-order valence-electron chi connectivity index (χ0n) is 7.72. The van der Waals surface area contributed by atoms with E-state index in [0.717, 1.165) is 5.57 Å². The predicted octanol–water partition coefficient (Wildman–Crippen LogP) is -0.185. The van der Waals surface area contributed by atoms with Gasteiger partial charge in [0.2, 0.25) is 11.8 Å². The van der Waals surface area contributed by atoms with E-state index in [1.165, 1.54) is 0 Å². The Bertz CT molecular complexity index is 248. The van der Waals surface area contributed by atoms with Gasteiger partial charge >= 0.3 is 0 Å². The molecule has 1 rings (SSSR count). The van der Waals surface area contributed by atoms with E-state index in [0.29, 0.717) is 19.5 Å². The summed E-state index contributed by atoms with van der Waals surface area (Å²) in [4.78, 5) is 22.1. The normalized spacial score (nSPS) is 21.0. The largest absolute Gasteiger partial charge is 0.355 e. The molecule has 2 N–H and O–H groups in total. The van der Waals surface area contributed by atoms with E-state index >= 15 is 0 Å². The van der Waals surface area contributed by atoms with Crippen molar-refractivity contribution in [3.8, 4) is 0 Å². The van der Waals surface area contributed by atoms with E-state index in [1.807, 2.05) is 6.92 Å². The van der Waals surface area contributed by atoms with Crippen LogP contribution in [-0.4, -0.2) is 24.9 Å². The first kappa shape index (κ1) is 9.77. The lowest BCUT2D eigenvalue weighted by Crippen LogP contribution is -2.32. The van der Waals surface area contributed by atoms with Gasteiger partial charge in [-0.15, -0.1) is 0 Å². The smallest absolute Gasteiger partial charge is 0.225 e. The first-order valence-corrected chi connectivity index (χ1v) is 4.28. The quantitative estimate of drug-likeness (QED) is 0.595. The van der Waals surface area contributed by atoms with Crippen LogP contribution in [0.15, 0.2) is 12.2 Å². The van der Waals surface area contributed by atoms with Crippen molar-refractivity contribution in [3.63, 3.8) is 0 Å². The van der Waals surface area contributed by atoms with Crippen molar-refractivity contribution in [2.75, 3.05) is 13.1 Å². The fourth-order valence-electron chi connectivity index (χ4n) is 1.17. The molecule has 0 aliphatic carbocycles. The molecule has 13 heavy (non-hydrogen) atoms. The first-order valence-electron chi connectivity index (χ1n) is 4.28. The Morgan fingerprint density at radius 3 is 2.92 bits per heavy atom. The molecule has 0 bridgehead atoms. The standard InChI is InChI=1S/C9H14N2O2/c1-6(2)4-11-9(13)7-3-8(12)10-5-7/h7H,1,3-5H2,2H3,(H,10,12)(H,11,13). The maximum Gasteiger partial charge on any atom is 0.225 e. The molecule has 4 nitrogen and oxygen atoms in total. The van der Waals surface area contributed by atoms with E-state index in [1.54, 1.807) is 0 Å². The minimum Gasteiger partial charge on any atom is -0.355 e. The lowest BCUT2D eigenvalue weighted by atomic mass is 10.1. The molecule has 1 saturated heterocycles. The fourth-order valence-corrected chi connectivity index (χ4v) is 1.17. The molecule has 2 amide bonds. The predicted molar refractivity (Wildman–Crippen MR) is 48.9 cm³/mol. The van der Waals surface area contributed by atoms with Crippen LogP contribution in [0.3, 0.4) is 0 Å². The molecular formula is C9H14N2O2. The SMILES string of the molecule is C=C(C)CNC(=O)C1CNC(=O)C1. The van der Waals surface area contributed by atoms with Gasteiger partial charge in [0.1, 0.15) is 0 Å². The van der Waals surface area contributed by atoms with E-state index in [9.17, 15) is 9.59 Å². The maximum absolute atomic E-state index is 11.4. The molecule has 1 unspecified atom stereocenters. The number of nitrogens with one attached hydrogen (secondary N) is 2. The summed E-state index contributed by atoms with van der Waals surface area (Å²) in [7, 11) is 0. The van der Waals surface area contributed by atoms with Crippen LogP contribution < -0.4 is 10.6 Å². The lowest BCUT2D eigenvalue weighted by molar-refractivity contribution is -0.126. The molecular weight excluding hydrogens is 168 g/mol. The Kier molecular flexibility index (Phi) is 3.06. The third kappa shape index (κ3) is 2.89. The molecule has 0 aromatic heterocycles. The van der Waals surface area contributed by atoms with Gasteiger partial charge in [0.05, 0.1) is 5.92 Å². The highest BCUT2D eigenvalue weighted by molar-refractivity contribution is 5.89. The third-order valence-corrected chi connectivity index (χ3v) is 1.91. The molecule has 1 aliphatic rings. The average molecular weight is 182 g/mol. The Labute approximate surface area is 77.4 Å². The minimum absolute atomic E-state index is 0.0459. The van der Waals surface area contributed by atoms with E-state index in [2.05, 4.69) is 17.2 Å². The molecule has 1 aliphatic heterocycles. The van der Waals surface area contributed by atoms with E-state index < -0.39 is 0 Å². The molecule has 72 valence electrons. The number of rotatable bonds is 3. The highest BCUT2D eigenvalue weighted by Crippen LogP contribution is 2.08. The summed E-state index contributed by atoms with van der Waals surface area (Å²) in [5.41, 5.74) is 0.908. The van der Waals surface area contributed by atoms with Crippen LogP contribution >= 0.6 is 0 Å². The Balaban J connectivity index is 2.31. The van der Waals surface area contributed by atoms with E-state index in [-0.39, 0.29) is 17.7 Å². The Morgan fingerprint density at radius 2 is 2.46 bits per heavy atom. The van der Waals surface area contributed by atoms with Crippen LogP contribution in [0.1, 0.15) is 13.3 Å². The van der Waals surface area contributed by atoms with Crippen molar-refractivity contribution in [2.24, 2.45) is 5.92 Å². The second-order valence-corrected chi connectivity index (χ2v) is 3.38. The van der Waals surface area contributed by atoms with Gasteiger partial charge in [-0.3, -0.25) is 9.59 Å². The minimum atomic E-state index is -0.202. The van der Waals surface area contributed by atoms with Crippen molar-refractivity contribution in [3.05, 3.63) is 12.2 Å². The van der Waals surface area contributed by atoms with Crippen LogP contribution in [0.5, 0.6) is 0 Å². The summed E-state index contributed by atoms with van der Waals surface area (Å²) in [5, 5.41) is 5.33. The van der Waals surface area contributed by atoms with Gasteiger partial charge in [-0.2, -0.15) is 0 Å². The lowest BCUT2D eigenvalue weighted by Gasteiger charge is -2.08. The fraction of sp³-hybridized carbons (Fsp3) is 0.556. The number of carbonyl (C=O) groups excluding carboxylic acids is 2. The van der Waals surface area contributed by atoms with Gasteiger partial charge in [-0.1, -0.05) is 12.2 Å². The van der Waals surface area contributed by atoms with Crippen molar-refractivity contribution in [1.82, 2.24) is 10.6 Å². The van der Waals surface area contributed by atoms with Crippen LogP contribution in [-0.2, 0) is 9.59 Å². The van der Waals surface area contributed by atoms with Crippen molar-refractivity contribution < 1.29 is 9.59 Å². The molecule has 4 heteroatoms. The molecule has 1 fully saturated rings. The highest BCUT2D eigenvalue weighted by Gasteiger charge is 2.27. The Hall–Kier alpha value is -1.32. The van der Waals surface area contributed by atoms with E-state index in [4.69, 9.17) is 0 Å². The van der Waals surface area contributed by atoms with Crippen molar-refractivity contribution in [2.45, 2.75) is 13.3 Å². The van der Waals surface area contributed by atoms with Crippen LogP contribution in [0.4, 0.5) is 0 Å². The molecule has 0 aromatic rings. The number of carbonyl (C=O) groups is 2. The molecule has 0 saturated carbocycles. The van der Waals surface area contributed by atoms with Gasteiger partial charge < -0.3 is 10.6 Å². The van der Waals surface area contributed by atoms with Crippen LogP contribution in [0, 0.1) is 5.92 Å². The number of hydrogen-bond donors (Lipinski definition) is 2. The van der Waals surface area contributed by atoms with Gasteiger partial charge in [0, 0.05) is 19.5 Å². The van der Waals surface area contributed by atoms with Crippen molar-refractivity contribution in [1.29, 1.82) is 0 Å². The van der Waals surface area contributed by atoms with Crippen LogP contribution in [0.25, 0.3) is 0 Å². The summed E-state index contributed by atoms with van der Waals surface area (Å²) < 4.78 is 0. The summed E-state index contributed by atoms with van der Waals surface area (Å²) in [6.07, 6.45) is 0.308. The van der Waals surface area contributed by atoms with Gasteiger partial charge in [0.15, 0.2) is 0 Å². The topological polar surface area (TPSA) is 58.2 Å². The first-order chi connectivity index (χ1) is 6.09. The monoisotopic (exact) mass is 182 g/mol. The zero-order valence-corrected chi connectivity index (χ0v) is 7.72. The maximum atomic E-state index is 11.4.